The fourth-order valence-electron chi connectivity index (χ4n) is 1.95. The van der Waals surface area contributed by atoms with Gasteiger partial charge in [-0.15, -0.1) is 0 Å². The van der Waals surface area contributed by atoms with Crippen LogP contribution in [0.15, 0.2) is 42.5 Å². The molecule has 0 aliphatic heterocycles. The van der Waals surface area contributed by atoms with E-state index in [9.17, 15) is 5.11 Å². The number of hydrogen-bond acceptors (Lipinski definition) is 4. The number of nitriles is 2. The maximum absolute atomic E-state index is 9.47. The molecule has 98 valence electrons. The Labute approximate surface area is 117 Å². The largest absolute Gasteiger partial charge is 0.508 e. The van der Waals surface area contributed by atoms with Crippen molar-refractivity contribution in [3.05, 3.63) is 59.2 Å². The second-order valence-corrected chi connectivity index (χ2v) is 4.44. The van der Waals surface area contributed by atoms with Crippen molar-refractivity contribution in [3.8, 4) is 17.9 Å². The van der Waals surface area contributed by atoms with Gasteiger partial charge in [-0.25, -0.2) is 0 Å². The van der Waals surface area contributed by atoms with Crippen LogP contribution >= 0.6 is 0 Å². The van der Waals surface area contributed by atoms with Crippen LogP contribution in [-0.4, -0.2) is 5.11 Å². The number of phenolic OH excluding ortho intramolecular Hbond substituents is 1. The lowest BCUT2D eigenvalue weighted by Gasteiger charge is -2.16. The van der Waals surface area contributed by atoms with Crippen LogP contribution < -0.4 is 5.32 Å². The molecule has 0 amide bonds. The summed E-state index contributed by atoms with van der Waals surface area (Å²) in [7, 11) is 0. The van der Waals surface area contributed by atoms with Crippen molar-refractivity contribution in [1.82, 2.24) is 0 Å². The third-order valence-corrected chi connectivity index (χ3v) is 3.01. The van der Waals surface area contributed by atoms with Gasteiger partial charge in [-0.3, -0.25) is 0 Å². The van der Waals surface area contributed by atoms with E-state index in [1.807, 2.05) is 25.1 Å². The van der Waals surface area contributed by atoms with Crippen LogP contribution in [0.1, 0.15) is 29.7 Å². The molecule has 0 saturated carbocycles. The summed E-state index contributed by atoms with van der Waals surface area (Å²) in [6.07, 6.45) is 0. The highest BCUT2D eigenvalue weighted by atomic mass is 16.3. The van der Waals surface area contributed by atoms with Crippen LogP contribution in [0, 0.1) is 22.7 Å². The Bertz CT molecular complexity index is 710. The van der Waals surface area contributed by atoms with Crippen molar-refractivity contribution in [2.24, 2.45) is 0 Å². The maximum atomic E-state index is 9.47. The summed E-state index contributed by atoms with van der Waals surface area (Å²) in [5.74, 6) is 0.216. The average Bonchev–Trinajstić information content (AvgIpc) is 2.47. The predicted octanol–water partition coefficient (Wildman–Crippen LogP) is 3.31. The van der Waals surface area contributed by atoms with E-state index in [0.717, 1.165) is 11.3 Å². The smallest absolute Gasteiger partial charge is 0.115 e. The number of benzene rings is 2. The number of nitrogens with one attached hydrogen (secondary N) is 1. The maximum Gasteiger partial charge on any atom is 0.115 e. The number of hydrogen-bond donors (Lipinski definition) is 2. The zero-order valence-corrected chi connectivity index (χ0v) is 11.0. The van der Waals surface area contributed by atoms with Crippen LogP contribution in [-0.2, 0) is 0 Å². The molecule has 0 aliphatic carbocycles. The zero-order valence-electron chi connectivity index (χ0n) is 11.0. The Balaban J connectivity index is 2.23. The van der Waals surface area contributed by atoms with Gasteiger partial charge < -0.3 is 10.4 Å². The molecule has 0 bridgehead atoms. The van der Waals surface area contributed by atoms with Gasteiger partial charge in [0.2, 0.25) is 0 Å². The summed E-state index contributed by atoms with van der Waals surface area (Å²) in [5, 5.41) is 30.6. The molecule has 1 atom stereocenters. The zero-order chi connectivity index (χ0) is 14.5. The summed E-state index contributed by atoms with van der Waals surface area (Å²) >= 11 is 0. The molecule has 0 saturated heterocycles. The molecule has 20 heavy (non-hydrogen) atoms. The van der Waals surface area contributed by atoms with Crippen LogP contribution in [0.25, 0.3) is 0 Å². The van der Waals surface area contributed by atoms with E-state index in [-0.39, 0.29) is 11.8 Å². The standard InChI is InChI=1S/C16H13N3O/c1-11(12-3-2-4-16(20)8-12)19-15-6-5-13(9-17)14(7-15)10-18/h2-8,11,19-20H,1H3. The van der Waals surface area contributed by atoms with E-state index in [4.69, 9.17) is 10.5 Å². The number of aromatic hydroxyl groups is 1. The molecule has 2 aromatic rings. The van der Waals surface area contributed by atoms with Crippen LogP contribution in [0.3, 0.4) is 0 Å². The summed E-state index contributed by atoms with van der Waals surface area (Å²) < 4.78 is 0. The number of phenols is 1. The predicted molar refractivity (Wildman–Crippen MR) is 76.0 cm³/mol. The van der Waals surface area contributed by atoms with Crippen LogP contribution in [0.4, 0.5) is 5.69 Å². The minimum atomic E-state index is -0.0263. The molecule has 0 spiro atoms. The first kappa shape index (κ1) is 13.5. The van der Waals surface area contributed by atoms with E-state index >= 15 is 0 Å². The van der Waals surface area contributed by atoms with Gasteiger partial charge in [0.25, 0.3) is 0 Å². The average molecular weight is 263 g/mol. The Hall–Kier alpha value is -2.98. The van der Waals surface area contributed by atoms with E-state index in [1.54, 1.807) is 36.4 Å². The molecule has 4 heteroatoms. The van der Waals surface area contributed by atoms with Crippen molar-refractivity contribution in [1.29, 1.82) is 10.5 Å². The summed E-state index contributed by atoms with van der Waals surface area (Å²) in [6, 6.07) is 16.0. The Morgan fingerprint density at radius 1 is 1.05 bits per heavy atom. The second kappa shape index (κ2) is 5.77. The molecule has 2 rings (SSSR count). The number of nitrogens with zero attached hydrogens (tertiary/aromatic N) is 2. The molecule has 0 fully saturated rings. The quantitative estimate of drug-likeness (QED) is 0.890. The lowest BCUT2D eigenvalue weighted by atomic mass is 10.1. The second-order valence-electron chi connectivity index (χ2n) is 4.44. The summed E-state index contributed by atoms with van der Waals surface area (Å²) in [6.45, 7) is 1.96. The van der Waals surface area contributed by atoms with Gasteiger partial charge in [-0.1, -0.05) is 12.1 Å². The number of rotatable bonds is 3. The van der Waals surface area contributed by atoms with E-state index in [1.165, 1.54) is 0 Å². The third-order valence-electron chi connectivity index (χ3n) is 3.01. The van der Waals surface area contributed by atoms with Gasteiger partial charge in [-0.05, 0) is 42.8 Å². The molecule has 0 aliphatic rings. The molecule has 4 nitrogen and oxygen atoms in total. The van der Waals surface area contributed by atoms with Crippen molar-refractivity contribution in [3.63, 3.8) is 0 Å². The number of anilines is 1. The molecule has 0 radical (unpaired) electrons. The summed E-state index contributed by atoms with van der Waals surface area (Å²) in [4.78, 5) is 0. The monoisotopic (exact) mass is 263 g/mol. The lowest BCUT2D eigenvalue weighted by Crippen LogP contribution is -2.06. The van der Waals surface area contributed by atoms with Crippen LogP contribution in [0.2, 0.25) is 0 Å². The molecular weight excluding hydrogens is 250 g/mol. The lowest BCUT2D eigenvalue weighted by molar-refractivity contribution is 0.474. The topological polar surface area (TPSA) is 79.8 Å². The van der Waals surface area contributed by atoms with Crippen LogP contribution in [0.5, 0.6) is 5.75 Å². The van der Waals surface area contributed by atoms with Gasteiger partial charge in [0.1, 0.15) is 17.9 Å². The Morgan fingerprint density at radius 2 is 1.80 bits per heavy atom. The first-order chi connectivity index (χ1) is 9.63. The molecule has 0 aromatic heterocycles. The van der Waals surface area contributed by atoms with Crippen molar-refractivity contribution in [2.45, 2.75) is 13.0 Å². The van der Waals surface area contributed by atoms with Crippen molar-refractivity contribution < 1.29 is 5.11 Å². The SMILES string of the molecule is CC(Nc1ccc(C#N)c(C#N)c1)c1cccc(O)c1. The first-order valence-electron chi connectivity index (χ1n) is 6.13. The highest BCUT2D eigenvalue weighted by molar-refractivity contribution is 5.57. The first-order valence-corrected chi connectivity index (χ1v) is 6.13. The summed E-state index contributed by atoms with van der Waals surface area (Å²) in [5.41, 5.74) is 2.41. The minimum absolute atomic E-state index is 0.0263. The van der Waals surface area contributed by atoms with Gasteiger partial charge in [0, 0.05) is 11.7 Å². The third kappa shape index (κ3) is 2.88. The van der Waals surface area contributed by atoms with Crippen molar-refractivity contribution >= 4 is 5.69 Å². The van der Waals surface area contributed by atoms with E-state index < -0.39 is 0 Å². The Morgan fingerprint density at radius 3 is 2.45 bits per heavy atom. The fraction of sp³-hybridized carbons (Fsp3) is 0.125. The fourth-order valence-corrected chi connectivity index (χ4v) is 1.95. The highest BCUT2D eigenvalue weighted by Gasteiger charge is 2.08. The van der Waals surface area contributed by atoms with E-state index in [0.29, 0.717) is 11.1 Å². The molecule has 2 N–H and O–H groups in total. The normalized spacial score (nSPS) is 11.2. The Kier molecular flexibility index (Phi) is 3.88. The highest BCUT2D eigenvalue weighted by Crippen LogP contribution is 2.23. The van der Waals surface area contributed by atoms with Gasteiger partial charge in [0.05, 0.1) is 11.1 Å². The molecule has 0 heterocycles. The molecular formula is C16H13N3O. The van der Waals surface area contributed by atoms with E-state index in [2.05, 4.69) is 5.32 Å². The minimum Gasteiger partial charge on any atom is -0.508 e. The van der Waals surface area contributed by atoms with Gasteiger partial charge >= 0.3 is 0 Å². The van der Waals surface area contributed by atoms with Gasteiger partial charge in [0.15, 0.2) is 0 Å². The van der Waals surface area contributed by atoms with Gasteiger partial charge in [-0.2, -0.15) is 10.5 Å². The molecule has 1 unspecified atom stereocenters. The molecule has 2 aromatic carbocycles. The van der Waals surface area contributed by atoms with Crippen molar-refractivity contribution in [2.75, 3.05) is 5.32 Å².